The molecule has 2 N–H and O–H groups in total. The molecule has 4 aromatic rings. The first-order valence-electron chi connectivity index (χ1n) is 10.6. The number of fused-ring (bicyclic) bond motifs is 1. The highest BCUT2D eigenvalue weighted by Gasteiger charge is 2.30. The van der Waals surface area contributed by atoms with E-state index in [2.05, 4.69) is 10.3 Å². The molecule has 0 spiro atoms. The van der Waals surface area contributed by atoms with Crippen molar-refractivity contribution in [2.24, 2.45) is 0 Å². The maximum Gasteiger partial charge on any atom is 0.416 e. The minimum atomic E-state index is -4.41. The van der Waals surface area contributed by atoms with Crippen LogP contribution in [0.4, 0.5) is 13.2 Å². The van der Waals surface area contributed by atoms with E-state index < -0.39 is 17.8 Å². The van der Waals surface area contributed by atoms with Crippen LogP contribution in [0.3, 0.4) is 0 Å². The molecule has 174 valence electrons. The number of aromatic nitrogens is 1. The van der Waals surface area contributed by atoms with Crippen LogP contribution in [0.15, 0.2) is 85.1 Å². The van der Waals surface area contributed by atoms with Crippen LogP contribution in [-0.4, -0.2) is 22.6 Å². The summed E-state index contributed by atoms with van der Waals surface area (Å²) in [6.45, 7) is -0.107. The Morgan fingerprint density at radius 2 is 1.79 bits per heavy atom. The van der Waals surface area contributed by atoms with E-state index in [0.29, 0.717) is 28.8 Å². The van der Waals surface area contributed by atoms with Crippen LogP contribution in [0.25, 0.3) is 10.8 Å². The van der Waals surface area contributed by atoms with Gasteiger partial charge in [-0.3, -0.25) is 9.78 Å². The maximum atomic E-state index is 12.9. The zero-order valence-electron chi connectivity index (χ0n) is 17.9. The maximum absolute atomic E-state index is 12.9. The Bertz CT molecular complexity index is 1280. The van der Waals surface area contributed by atoms with Crippen molar-refractivity contribution in [2.45, 2.75) is 18.6 Å². The quantitative estimate of drug-likeness (QED) is 0.356. The number of aliphatic hydroxyl groups excluding tert-OH is 1. The molecular formula is C26H21F3N2O3. The zero-order valence-corrected chi connectivity index (χ0v) is 17.9. The molecule has 1 unspecified atom stereocenters. The third kappa shape index (κ3) is 5.35. The average Bonchev–Trinajstić information content (AvgIpc) is 2.84. The van der Waals surface area contributed by atoms with Gasteiger partial charge in [-0.25, -0.2) is 0 Å². The minimum absolute atomic E-state index is 0.107. The summed E-state index contributed by atoms with van der Waals surface area (Å²) >= 11 is 0. The van der Waals surface area contributed by atoms with Gasteiger partial charge in [-0.05, 0) is 72.5 Å². The number of pyridine rings is 1. The molecule has 0 fully saturated rings. The Kier molecular flexibility index (Phi) is 6.79. The molecule has 0 radical (unpaired) electrons. The van der Waals surface area contributed by atoms with Crippen molar-refractivity contribution in [3.8, 4) is 11.5 Å². The van der Waals surface area contributed by atoms with E-state index in [-0.39, 0.29) is 18.3 Å². The number of hydrogen-bond donors (Lipinski definition) is 2. The van der Waals surface area contributed by atoms with Gasteiger partial charge in [0.1, 0.15) is 11.5 Å². The number of carbonyl (C=O) groups excluding carboxylic acids is 1. The average molecular weight is 466 g/mol. The molecule has 8 heteroatoms. The second-order valence-corrected chi connectivity index (χ2v) is 7.61. The number of carbonyl (C=O) groups is 1. The van der Waals surface area contributed by atoms with Gasteiger partial charge in [0.05, 0.1) is 17.3 Å². The van der Waals surface area contributed by atoms with Gasteiger partial charge in [0, 0.05) is 23.8 Å². The summed E-state index contributed by atoms with van der Waals surface area (Å²) in [6, 6.07) is 19.7. The molecule has 4 rings (SSSR count). The predicted molar refractivity (Wildman–Crippen MR) is 122 cm³/mol. The first-order valence-corrected chi connectivity index (χ1v) is 10.6. The van der Waals surface area contributed by atoms with Gasteiger partial charge in [0.15, 0.2) is 0 Å². The van der Waals surface area contributed by atoms with Crippen molar-refractivity contribution in [1.82, 2.24) is 10.3 Å². The number of nitrogens with zero attached hydrogens (tertiary/aromatic N) is 1. The van der Waals surface area contributed by atoms with Crippen LogP contribution in [0, 0.1) is 0 Å². The van der Waals surface area contributed by atoms with Gasteiger partial charge < -0.3 is 15.2 Å². The third-order valence-corrected chi connectivity index (χ3v) is 5.28. The molecule has 0 saturated heterocycles. The molecular weight excluding hydrogens is 445 g/mol. The molecule has 0 bridgehead atoms. The monoisotopic (exact) mass is 466 g/mol. The molecule has 1 aromatic heterocycles. The lowest BCUT2D eigenvalue weighted by molar-refractivity contribution is -0.137. The second kappa shape index (κ2) is 9.93. The van der Waals surface area contributed by atoms with Crippen LogP contribution < -0.4 is 10.1 Å². The van der Waals surface area contributed by atoms with Gasteiger partial charge in [-0.1, -0.05) is 18.2 Å². The molecule has 34 heavy (non-hydrogen) atoms. The Labute approximate surface area is 193 Å². The van der Waals surface area contributed by atoms with Gasteiger partial charge in [0.25, 0.3) is 5.91 Å². The summed E-state index contributed by atoms with van der Waals surface area (Å²) in [6.07, 6.45) is -2.47. The Balaban J connectivity index is 1.55. The number of amides is 1. The summed E-state index contributed by atoms with van der Waals surface area (Å²) in [4.78, 5) is 17.2. The van der Waals surface area contributed by atoms with E-state index in [1.165, 1.54) is 12.1 Å². The van der Waals surface area contributed by atoms with Crippen molar-refractivity contribution in [2.75, 3.05) is 6.61 Å². The van der Waals surface area contributed by atoms with Crippen LogP contribution in [-0.2, 0) is 6.18 Å². The van der Waals surface area contributed by atoms with Crippen molar-refractivity contribution < 1.29 is 27.8 Å². The van der Waals surface area contributed by atoms with Crippen LogP contribution >= 0.6 is 0 Å². The molecule has 1 amide bonds. The molecule has 0 aliphatic heterocycles. The van der Waals surface area contributed by atoms with E-state index in [1.807, 2.05) is 12.1 Å². The highest BCUT2D eigenvalue weighted by molar-refractivity contribution is 6.00. The van der Waals surface area contributed by atoms with E-state index in [0.717, 1.165) is 17.5 Å². The molecule has 0 aliphatic carbocycles. The first-order chi connectivity index (χ1) is 16.3. The lowest BCUT2D eigenvalue weighted by atomic mass is 10.0. The molecule has 1 atom stereocenters. The van der Waals surface area contributed by atoms with Crippen LogP contribution in [0.1, 0.15) is 34.1 Å². The molecule has 3 aromatic carbocycles. The van der Waals surface area contributed by atoms with E-state index in [9.17, 15) is 23.1 Å². The number of rotatable bonds is 7. The zero-order chi connectivity index (χ0) is 24.1. The fourth-order valence-corrected chi connectivity index (χ4v) is 3.57. The summed E-state index contributed by atoms with van der Waals surface area (Å²) in [5.41, 5.74) is 0.314. The summed E-state index contributed by atoms with van der Waals surface area (Å²) < 4.78 is 44.2. The lowest BCUT2D eigenvalue weighted by Gasteiger charge is -2.17. The molecule has 0 aliphatic rings. The Hall–Kier alpha value is -3.91. The predicted octanol–water partition coefficient (Wildman–Crippen LogP) is 5.90. The first kappa shape index (κ1) is 23.3. The fraction of sp³-hybridized carbons (Fsp3) is 0.154. The largest absolute Gasteiger partial charge is 0.457 e. The summed E-state index contributed by atoms with van der Waals surface area (Å²) in [5, 5.41) is 13.7. The Morgan fingerprint density at radius 1 is 1.00 bits per heavy atom. The number of halogens is 3. The van der Waals surface area contributed by atoms with Crippen LogP contribution in [0.2, 0.25) is 0 Å². The highest BCUT2D eigenvalue weighted by atomic mass is 19.4. The number of hydrogen-bond acceptors (Lipinski definition) is 4. The summed E-state index contributed by atoms with van der Waals surface area (Å²) in [5.74, 6) is 0.403. The third-order valence-electron chi connectivity index (χ3n) is 5.28. The normalized spacial score (nSPS) is 12.4. The standard InChI is InChI=1S/C26H21F3N2O3/c27-26(28,29)19-8-10-20(11-9-19)34-24-6-3-4-17-16-18(7-12-21(17)24)25(33)31-23(13-15-32)22-5-1-2-14-30-22/h1-12,14,16,23,32H,13,15H2,(H,31,33). The van der Waals surface area contributed by atoms with E-state index >= 15 is 0 Å². The number of ether oxygens (including phenoxy) is 1. The smallest absolute Gasteiger partial charge is 0.416 e. The van der Waals surface area contributed by atoms with Gasteiger partial charge in [-0.2, -0.15) is 13.2 Å². The number of nitrogens with one attached hydrogen (secondary N) is 1. The number of benzene rings is 3. The van der Waals surface area contributed by atoms with E-state index in [4.69, 9.17) is 4.74 Å². The SMILES string of the molecule is O=C(NC(CCO)c1ccccn1)c1ccc2c(Oc3ccc(C(F)(F)F)cc3)cccc2c1. The number of alkyl halides is 3. The van der Waals surface area contributed by atoms with Crippen molar-refractivity contribution in [3.63, 3.8) is 0 Å². The minimum Gasteiger partial charge on any atom is -0.457 e. The second-order valence-electron chi connectivity index (χ2n) is 7.61. The van der Waals surface area contributed by atoms with Crippen molar-refractivity contribution in [3.05, 3.63) is 102 Å². The fourth-order valence-electron chi connectivity index (χ4n) is 3.57. The topological polar surface area (TPSA) is 71.5 Å². The Morgan fingerprint density at radius 3 is 2.47 bits per heavy atom. The molecule has 0 saturated carbocycles. The van der Waals surface area contributed by atoms with Gasteiger partial charge in [-0.15, -0.1) is 0 Å². The van der Waals surface area contributed by atoms with Crippen molar-refractivity contribution >= 4 is 16.7 Å². The highest BCUT2D eigenvalue weighted by Crippen LogP contribution is 2.34. The van der Waals surface area contributed by atoms with Gasteiger partial charge >= 0.3 is 6.18 Å². The van der Waals surface area contributed by atoms with Crippen LogP contribution in [0.5, 0.6) is 11.5 Å². The van der Waals surface area contributed by atoms with Crippen molar-refractivity contribution in [1.29, 1.82) is 0 Å². The van der Waals surface area contributed by atoms with Gasteiger partial charge in [0.2, 0.25) is 0 Å². The molecule has 5 nitrogen and oxygen atoms in total. The summed E-state index contributed by atoms with van der Waals surface area (Å²) in [7, 11) is 0. The molecule has 1 heterocycles. The van der Waals surface area contributed by atoms with E-state index in [1.54, 1.807) is 48.7 Å². The lowest BCUT2D eigenvalue weighted by Crippen LogP contribution is -2.29. The number of aliphatic hydroxyl groups is 1.